The molecule has 0 unspecified atom stereocenters. The van der Waals surface area contributed by atoms with Gasteiger partial charge in [-0.3, -0.25) is 0 Å². The fourth-order valence-corrected chi connectivity index (χ4v) is 2.29. The van der Waals surface area contributed by atoms with E-state index in [0.29, 0.717) is 6.54 Å². The van der Waals surface area contributed by atoms with Crippen molar-refractivity contribution < 1.29 is 0 Å². The Morgan fingerprint density at radius 2 is 2.31 bits per heavy atom. The fourth-order valence-electron chi connectivity index (χ4n) is 2.29. The molecule has 2 N–H and O–H groups in total. The second kappa shape index (κ2) is 2.36. The number of nitrogens with two attached hydrogens (primary N) is 1. The van der Waals surface area contributed by atoms with Crippen molar-refractivity contribution in [2.45, 2.75) is 19.5 Å². The maximum atomic E-state index is 5.69. The van der Waals surface area contributed by atoms with E-state index < -0.39 is 0 Å². The van der Waals surface area contributed by atoms with E-state index in [0.717, 1.165) is 6.54 Å². The van der Waals surface area contributed by atoms with Crippen LogP contribution in [0.3, 0.4) is 0 Å². The molecule has 66 valence electrons. The molecule has 1 aliphatic heterocycles. The highest BCUT2D eigenvalue weighted by molar-refractivity contribution is 5.87. The molecule has 0 spiro atoms. The molecule has 2 nitrogen and oxygen atoms in total. The molecule has 1 aromatic carbocycles. The number of nitrogens with zero attached hydrogens (tertiary/aromatic N) is 1. The van der Waals surface area contributed by atoms with Crippen LogP contribution in [-0.2, 0) is 19.5 Å². The topological polar surface area (TPSA) is 30.9 Å². The molecule has 13 heavy (non-hydrogen) atoms. The molecule has 0 bridgehead atoms. The summed E-state index contributed by atoms with van der Waals surface area (Å²) in [6, 6.07) is 6.52. The third-order valence-electron chi connectivity index (χ3n) is 2.91. The van der Waals surface area contributed by atoms with E-state index >= 15 is 0 Å². The number of para-hydroxylation sites is 1. The molecule has 2 heterocycles. The van der Waals surface area contributed by atoms with Crippen molar-refractivity contribution in [1.29, 1.82) is 0 Å². The smallest absolute Gasteiger partial charge is 0.0516 e. The molecular formula is C11H12N2. The second-order valence-electron chi connectivity index (χ2n) is 3.62. The Bertz CT molecular complexity index is 468. The lowest BCUT2D eigenvalue weighted by Gasteiger charge is -1.96. The van der Waals surface area contributed by atoms with Gasteiger partial charge in [-0.1, -0.05) is 18.2 Å². The Balaban J connectivity index is 2.47. The van der Waals surface area contributed by atoms with Gasteiger partial charge in [0.15, 0.2) is 0 Å². The first-order chi connectivity index (χ1) is 6.40. The molecule has 0 atom stereocenters. The van der Waals surface area contributed by atoms with Gasteiger partial charge in [0, 0.05) is 24.7 Å². The van der Waals surface area contributed by atoms with Crippen LogP contribution >= 0.6 is 0 Å². The van der Waals surface area contributed by atoms with Gasteiger partial charge >= 0.3 is 0 Å². The van der Waals surface area contributed by atoms with Crippen LogP contribution in [0.4, 0.5) is 0 Å². The minimum atomic E-state index is 0.646. The summed E-state index contributed by atoms with van der Waals surface area (Å²) < 4.78 is 2.33. The number of hydrogen-bond donors (Lipinski definition) is 1. The first-order valence-corrected chi connectivity index (χ1v) is 4.70. The van der Waals surface area contributed by atoms with Crippen molar-refractivity contribution in [3.63, 3.8) is 0 Å². The van der Waals surface area contributed by atoms with E-state index in [2.05, 4.69) is 29.0 Å². The molecule has 0 fully saturated rings. The van der Waals surface area contributed by atoms with Crippen molar-refractivity contribution in [2.75, 3.05) is 0 Å². The second-order valence-corrected chi connectivity index (χ2v) is 3.62. The summed E-state index contributed by atoms with van der Waals surface area (Å²) >= 11 is 0. The third kappa shape index (κ3) is 0.810. The fraction of sp³-hybridized carbons (Fsp3) is 0.273. The molecule has 1 aromatic heterocycles. The highest BCUT2D eigenvalue weighted by Gasteiger charge is 2.15. The Morgan fingerprint density at radius 3 is 3.15 bits per heavy atom. The average molecular weight is 172 g/mol. The van der Waals surface area contributed by atoms with Gasteiger partial charge in [0.05, 0.1) is 5.52 Å². The Morgan fingerprint density at radius 1 is 1.38 bits per heavy atom. The van der Waals surface area contributed by atoms with Gasteiger partial charge < -0.3 is 10.3 Å². The van der Waals surface area contributed by atoms with Gasteiger partial charge in [0.2, 0.25) is 0 Å². The maximum absolute atomic E-state index is 5.69. The van der Waals surface area contributed by atoms with E-state index in [1.54, 1.807) is 0 Å². The molecule has 0 radical (unpaired) electrons. The minimum Gasteiger partial charge on any atom is -0.347 e. The highest BCUT2D eigenvalue weighted by atomic mass is 15.0. The Hall–Kier alpha value is -1.28. The zero-order valence-corrected chi connectivity index (χ0v) is 7.46. The molecular weight excluding hydrogens is 160 g/mol. The zero-order chi connectivity index (χ0) is 8.84. The van der Waals surface area contributed by atoms with E-state index in [1.165, 1.54) is 28.5 Å². The van der Waals surface area contributed by atoms with Crippen LogP contribution in [0.2, 0.25) is 0 Å². The minimum absolute atomic E-state index is 0.646. The van der Waals surface area contributed by atoms with Crippen LogP contribution in [0.1, 0.15) is 11.1 Å². The van der Waals surface area contributed by atoms with Gasteiger partial charge in [-0.2, -0.15) is 0 Å². The Labute approximate surface area is 77.0 Å². The first kappa shape index (κ1) is 7.15. The lowest BCUT2D eigenvalue weighted by atomic mass is 10.1. The molecule has 0 saturated carbocycles. The highest BCUT2D eigenvalue weighted by Crippen LogP contribution is 2.29. The summed E-state index contributed by atoms with van der Waals surface area (Å²) in [6.45, 7) is 1.77. The van der Waals surface area contributed by atoms with Crippen molar-refractivity contribution in [3.8, 4) is 0 Å². The first-order valence-electron chi connectivity index (χ1n) is 4.70. The molecule has 1 aliphatic rings. The van der Waals surface area contributed by atoms with Crippen molar-refractivity contribution in [2.24, 2.45) is 5.73 Å². The van der Waals surface area contributed by atoms with Gasteiger partial charge in [-0.05, 0) is 17.5 Å². The van der Waals surface area contributed by atoms with Gasteiger partial charge in [-0.25, -0.2) is 0 Å². The largest absolute Gasteiger partial charge is 0.347 e. The van der Waals surface area contributed by atoms with Crippen LogP contribution < -0.4 is 5.73 Å². The SMILES string of the molecule is NCc1cn2c3c(cccc13)CC2. The van der Waals surface area contributed by atoms with Crippen LogP contribution in [0.15, 0.2) is 24.4 Å². The number of hydrogen-bond acceptors (Lipinski definition) is 1. The number of rotatable bonds is 1. The van der Waals surface area contributed by atoms with Crippen LogP contribution in [0, 0.1) is 0 Å². The quantitative estimate of drug-likeness (QED) is 0.696. The van der Waals surface area contributed by atoms with Crippen molar-refractivity contribution >= 4 is 10.9 Å². The monoisotopic (exact) mass is 172 g/mol. The number of benzene rings is 1. The van der Waals surface area contributed by atoms with E-state index in [1.807, 2.05) is 0 Å². The molecule has 0 saturated heterocycles. The van der Waals surface area contributed by atoms with Crippen LogP contribution in [0.25, 0.3) is 10.9 Å². The van der Waals surface area contributed by atoms with E-state index in [-0.39, 0.29) is 0 Å². The normalized spacial score (nSPS) is 14.2. The zero-order valence-electron chi connectivity index (χ0n) is 7.46. The summed E-state index contributed by atoms with van der Waals surface area (Å²) in [4.78, 5) is 0. The van der Waals surface area contributed by atoms with Gasteiger partial charge in [-0.15, -0.1) is 0 Å². The summed E-state index contributed by atoms with van der Waals surface area (Å²) in [6.07, 6.45) is 3.37. The summed E-state index contributed by atoms with van der Waals surface area (Å²) in [7, 11) is 0. The maximum Gasteiger partial charge on any atom is 0.0516 e. The summed E-state index contributed by atoms with van der Waals surface area (Å²) in [5, 5.41) is 1.34. The van der Waals surface area contributed by atoms with Gasteiger partial charge in [0.1, 0.15) is 0 Å². The van der Waals surface area contributed by atoms with Crippen LogP contribution in [0.5, 0.6) is 0 Å². The Kier molecular flexibility index (Phi) is 1.30. The third-order valence-corrected chi connectivity index (χ3v) is 2.91. The molecule has 3 rings (SSSR count). The molecule has 0 amide bonds. The van der Waals surface area contributed by atoms with Crippen LogP contribution in [-0.4, -0.2) is 4.57 Å². The van der Waals surface area contributed by atoms with E-state index in [9.17, 15) is 0 Å². The van der Waals surface area contributed by atoms with Crippen molar-refractivity contribution in [3.05, 3.63) is 35.5 Å². The number of aromatic nitrogens is 1. The molecule has 2 aromatic rings. The van der Waals surface area contributed by atoms with Gasteiger partial charge in [0.25, 0.3) is 0 Å². The lowest BCUT2D eigenvalue weighted by molar-refractivity contribution is 0.766. The standard InChI is InChI=1S/C11H12N2/c12-6-9-7-13-5-4-8-2-1-3-10(9)11(8)13/h1-3,7H,4-6,12H2. The summed E-state index contributed by atoms with van der Waals surface area (Å²) in [5.74, 6) is 0. The summed E-state index contributed by atoms with van der Waals surface area (Å²) in [5.41, 5.74) is 9.84. The average Bonchev–Trinajstić information content (AvgIpc) is 2.72. The molecule has 2 heteroatoms. The molecule has 0 aliphatic carbocycles. The van der Waals surface area contributed by atoms with E-state index in [4.69, 9.17) is 5.73 Å². The number of aryl methyl sites for hydroxylation is 2. The van der Waals surface area contributed by atoms with Crippen molar-refractivity contribution in [1.82, 2.24) is 4.57 Å². The predicted molar refractivity (Wildman–Crippen MR) is 53.5 cm³/mol. The predicted octanol–water partition coefficient (Wildman–Crippen LogP) is 1.66. The lowest BCUT2D eigenvalue weighted by Crippen LogP contribution is -1.96.